The van der Waals surface area contributed by atoms with Gasteiger partial charge in [0.05, 0.1) is 11.7 Å². The number of fused-ring (bicyclic) bond motifs is 1. The van der Waals surface area contributed by atoms with Crippen molar-refractivity contribution < 1.29 is 4.79 Å². The lowest BCUT2D eigenvalue weighted by Gasteiger charge is -2.09. The molecule has 1 atom stereocenters. The van der Waals surface area contributed by atoms with Crippen molar-refractivity contribution in [3.8, 4) is 0 Å². The van der Waals surface area contributed by atoms with E-state index in [0.29, 0.717) is 12.3 Å². The van der Waals surface area contributed by atoms with Gasteiger partial charge in [0.2, 0.25) is 5.91 Å². The SMILES string of the molecule is Cl.O=C(CC1CCNC1)Nc1ccc2cn[nH]c2c1. The molecule has 102 valence electrons. The Bertz CT molecular complexity index is 563. The number of aromatic nitrogens is 2. The molecule has 1 aromatic carbocycles. The molecule has 5 nitrogen and oxygen atoms in total. The Morgan fingerprint density at radius 1 is 1.47 bits per heavy atom. The highest BCUT2D eigenvalue weighted by molar-refractivity contribution is 5.93. The van der Waals surface area contributed by atoms with E-state index in [1.807, 2.05) is 18.2 Å². The topological polar surface area (TPSA) is 69.8 Å². The smallest absolute Gasteiger partial charge is 0.224 e. The second kappa shape index (κ2) is 6.04. The van der Waals surface area contributed by atoms with E-state index in [1.54, 1.807) is 6.20 Å². The van der Waals surface area contributed by atoms with Crippen LogP contribution in [-0.4, -0.2) is 29.2 Å². The molecule has 0 radical (unpaired) electrons. The van der Waals surface area contributed by atoms with E-state index in [2.05, 4.69) is 20.8 Å². The van der Waals surface area contributed by atoms with E-state index < -0.39 is 0 Å². The first-order chi connectivity index (χ1) is 8.81. The summed E-state index contributed by atoms with van der Waals surface area (Å²) in [6.45, 7) is 1.98. The first-order valence-corrected chi connectivity index (χ1v) is 6.25. The highest BCUT2D eigenvalue weighted by atomic mass is 35.5. The van der Waals surface area contributed by atoms with Gasteiger partial charge in [-0.2, -0.15) is 5.10 Å². The van der Waals surface area contributed by atoms with E-state index in [9.17, 15) is 4.79 Å². The molecule has 0 spiro atoms. The number of aromatic amines is 1. The van der Waals surface area contributed by atoms with Gasteiger partial charge >= 0.3 is 0 Å². The van der Waals surface area contributed by atoms with E-state index in [1.165, 1.54) is 0 Å². The van der Waals surface area contributed by atoms with Gasteiger partial charge in [-0.15, -0.1) is 12.4 Å². The lowest BCUT2D eigenvalue weighted by atomic mass is 10.0. The molecule has 1 unspecified atom stereocenters. The zero-order chi connectivity index (χ0) is 12.4. The van der Waals surface area contributed by atoms with Crippen LogP contribution in [-0.2, 0) is 4.79 Å². The quantitative estimate of drug-likeness (QED) is 0.804. The Kier molecular flexibility index (Phi) is 4.39. The van der Waals surface area contributed by atoms with Crippen molar-refractivity contribution in [1.82, 2.24) is 15.5 Å². The summed E-state index contributed by atoms with van der Waals surface area (Å²) < 4.78 is 0. The number of hydrogen-bond donors (Lipinski definition) is 3. The number of hydrogen-bond acceptors (Lipinski definition) is 3. The minimum Gasteiger partial charge on any atom is -0.326 e. The molecule has 0 bridgehead atoms. The number of H-pyrrole nitrogens is 1. The van der Waals surface area contributed by atoms with E-state index in [-0.39, 0.29) is 18.3 Å². The molecule has 1 fully saturated rings. The number of rotatable bonds is 3. The maximum absolute atomic E-state index is 11.9. The van der Waals surface area contributed by atoms with Gasteiger partial charge in [-0.25, -0.2) is 0 Å². The zero-order valence-corrected chi connectivity index (χ0v) is 11.3. The highest BCUT2D eigenvalue weighted by Gasteiger charge is 2.17. The number of carbonyl (C=O) groups excluding carboxylic acids is 1. The molecule has 3 N–H and O–H groups in total. The third-order valence-electron chi connectivity index (χ3n) is 3.36. The third-order valence-corrected chi connectivity index (χ3v) is 3.36. The molecule has 2 aromatic rings. The Morgan fingerprint density at radius 3 is 3.16 bits per heavy atom. The molecule has 1 aliphatic heterocycles. The fourth-order valence-electron chi connectivity index (χ4n) is 2.38. The van der Waals surface area contributed by atoms with Gasteiger partial charge in [0, 0.05) is 17.5 Å². The van der Waals surface area contributed by atoms with Gasteiger partial charge in [-0.05, 0) is 43.6 Å². The summed E-state index contributed by atoms with van der Waals surface area (Å²) in [6, 6.07) is 5.77. The van der Waals surface area contributed by atoms with Crippen LogP contribution in [0.1, 0.15) is 12.8 Å². The molecule has 2 heterocycles. The molecule has 1 amide bonds. The Hall–Kier alpha value is -1.59. The summed E-state index contributed by atoms with van der Waals surface area (Å²) >= 11 is 0. The van der Waals surface area contributed by atoms with Crippen molar-refractivity contribution in [2.75, 3.05) is 18.4 Å². The maximum atomic E-state index is 11.9. The van der Waals surface area contributed by atoms with Crippen molar-refractivity contribution in [3.63, 3.8) is 0 Å². The van der Waals surface area contributed by atoms with E-state index in [0.717, 1.165) is 36.1 Å². The molecule has 3 rings (SSSR count). The van der Waals surface area contributed by atoms with Gasteiger partial charge in [0.1, 0.15) is 0 Å². The zero-order valence-electron chi connectivity index (χ0n) is 10.5. The van der Waals surface area contributed by atoms with E-state index in [4.69, 9.17) is 0 Å². The van der Waals surface area contributed by atoms with Crippen molar-refractivity contribution in [2.45, 2.75) is 12.8 Å². The number of anilines is 1. The number of carbonyl (C=O) groups is 1. The molecule has 1 aromatic heterocycles. The van der Waals surface area contributed by atoms with Crippen LogP contribution in [0.25, 0.3) is 10.9 Å². The van der Waals surface area contributed by atoms with Crippen molar-refractivity contribution in [3.05, 3.63) is 24.4 Å². The molecule has 0 aliphatic carbocycles. The van der Waals surface area contributed by atoms with Crippen molar-refractivity contribution >= 4 is 34.9 Å². The van der Waals surface area contributed by atoms with Crippen LogP contribution in [0.4, 0.5) is 5.69 Å². The fraction of sp³-hybridized carbons (Fsp3) is 0.385. The van der Waals surface area contributed by atoms with E-state index >= 15 is 0 Å². The summed E-state index contributed by atoms with van der Waals surface area (Å²) in [5.41, 5.74) is 1.76. The number of halogens is 1. The standard InChI is InChI=1S/C13H16N4O.ClH/c18-13(5-9-3-4-14-7-9)16-11-2-1-10-8-15-17-12(10)6-11;/h1-2,6,8-9,14H,3-5,7H2,(H,15,17)(H,16,18);1H. The summed E-state index contributed by atoms with van der Waals surface area (Å²) in [4.78, 5) is 11.9. The lowest BCUT2D eigenvalue weighted by molar-refractivity contribution is -0.116. The summed E-state index contributed by atoms with van der Waals surface area (Å²) in [6.07, 6.45) is 3.45. The monoisotopic (exact) mass is 280 g/mol. The molecular formula is C13H17ClN4O. The van der Waals surface area contributed by atoms with Crippen LogP contribution in [0.5, 0.6) is 0 Å². The molecule has 1 saturated heterocycles. The van der Waals surface area contributed by atoms with Gasteiger partial charge in [-0.3, -0.25) is 9.89 Å². The minimum atomic E-state index is 0. The summed E-state index contributed by atoms with van der Waals surface area (Å²) in [5.74, 6) is 0.559. The summed E-state index contributed by atoms with van der Waals surface area (Å²) in [7, 11) is 0. The van der Waals surface area contributed by atoms with Gasteiger partial charge in [-0.1, -0.05) is 0 Å². The average molecular weight is 281 g/mol. The molecule has 6 heteroatoms. The van der Waals surface area contributed by atoms with Gasteiger partial charge in [0.25, 0.3) is 0 Å². The molecular weight excluding hydrogens is 264 g/mol. The Labute approximate surface area is 117 Å². The normalized spacial score (nSPS) is 18.2. The fourth-order valence-corrected chi connectivity index (χ4v) is 2.38. The van der Waals surface area contributed by atoms with Crippen LogP contribution < -0.4 is 10.6 Å². The van der Waals surface area contributed by atoms with Crippen LogP contribution in [0.15, 0.2) is 24.4 Å². The first-order valence-electron chi connectivity index (χ1n) is 6.25. The number of nitrogens with one attached hydrogen (secondary N) is 3. The second-order valence-electron chi connectivity index (χ2n) is 4.78. The number of amides is 1. The van der Waals surface area contributed by atoms with Crippen LogP contribution in [0.2, 0.25) is 0 Å². The number of nitrogens with zero attached hydrogens (tertiary/aromatic N) is 1. The number of benzene rings is 1. The van der Waals surface area contributed by atoms with Crippen molar-refractivity contribution in [1.29, 1.82) is 0 Å². The Balaban J connectivity index is 0.00000133. The average Bonchev–Trinajstić information content (AvgIpc) is 2.98. The van der Waals surface area contributed by atoms with Crippen LogP contribution in [0, 0.1) is 5.92 Å². The second-order valence-corrected chi connectivity index (χ2v) is 4.78. The largest absolute Gasteiger partial charge is 0.326 e. The van der Waals surface area contributed by atoms with Crippen LogP contribution >= 0.6 is 12.4 Å². The first kappa shape index (κ1) is 13.8. The van der Waals surface area contributed by atoms with Gasteiger partial charge in [0.15, 0.2) is 0 Å². The van der Waals surface area contributed by atoms with Crippen molar-refractivity contribution in [2.24, 2.45) is 5.92 Å². The molecule has 1 aliphatic rings. The Morgan fingerprint density at radius 2 is 2.37 bits per heavy atom. The molecule has 0 saturated carbocycles. The van der Waals surface area contributed by atoms with Gasteiger partial charge < -0.3 is 10.6 Å². The predicted molar refractivity (Wildman–Crippen MR) is 77.6 cm³/mol. The van der Waals surface area contributed by atoms with Crippen LogP contribution in [0.3, 0.4) is 0 Å². The summed E-state index contributed by atoms with van der Waals surface area (Å²) in [5, 5.41) is 14.1. The molecule has 19 heavy (non-hydrogen) atoms. The minimum absolute atomic E-state index is 0. The lowest BCUT2D eigenvalue weighted by Crippen LogP contribution is -2.18. The predicted octanol–water partition coefficient (Wildman–Crippen LogP) is 1.92. The third kappa shape index (κ3) is 3.24. The highest BCUT2D eigenvalue weighted by Crippen LogP contribution is 2.18. The maximum Gasteiger partial charge on any atom is 0.224 e.